The number of carbonyl (C=O) groups excluding carboxylic acids is 1. The molecule has 0 radical (unpaired) electrons. The van der Waals surface area contributed by atoms with Crippen LogP contribution in [0.3, 0.4) is 0 Å². The second-order valence-corrected chi connectivity index (χ2v) is 4.44. The third-order valence-electron chi connectivity index (χ3n) is 2.14. The number of esters is 1. The summed E-state index contributed by atoms with van der Waals surface area (Å²) in [6.07, 6.45) is -8.76. The molecule has 0 unspecified atom stereocenters. The van der Waals surface area contributed by atoms with Gasteiger partial charge in [-0.2, -0.15) is 13.2 Å². The van der Waals surface area contributed by atoms with Gasteiger partial charge in [-0.05, 0) is 28.7 Å². The van der Waals surface area contributed by atoms with Gasteiger partial charge < -0.3 is 4.74 Å². The van der Waals surface area contributed by atoms with E-state index in [4.69, 9.17) is 0 Å². The van der Waals surface area contributed by atoms with Crippen molar-refractivity contribution in [3.05, 3.63) is 26.6 Å². The van der Waals surface area contributed by atoms with E-state index in [-0.39, 0.29) is 5.69 Å². The van der Waals surface area contributed by atoms with E-state index in [1.165, 1.54) is 22.6 Å². The number of alkyl halides is 5. The molecule has 1 heterocycles. The summed E-state index contributed by atoms with van der Waals surface area (Å²) in [5.41, 5.74) is -2.93. The van der Waals surface area contributed by atoms with Crippen LogP contribution < -0.4 is 0 Å². The molecular weight excluding hydrogens is 388 g/mol. The van der Waals surface area contributed by atoms with Crippen LogP contribution >= 0.6 is 22.6 Å². The van der Waals surface area contributed by atoms with Crippen LogP contribution in [0.25, 0.3) is 0 Å². The van der Waals surface area contributed by atoms with Crippen molar-refractivity contribution in [2.45, 2.75) is 19.0 Å². The van der Waals surface area contributed by atoms with Gasteiger partial charge in [0.05, 0.1) is 30.4 Å². The van der Waals surface area contributed by atoms with Gasteiger partial charge in [-0.25, -0.2) is 13.8 Å². The molecule has 19 heavy (non-hydrogen) atoms. The third kappa shape index (κ3) is 3.98. The van der Waals surface area contributed by atoms with Crippen molar-refractivity contribution in [1.29, 1.82) is 0 Å². The molecule has 0 saturated heterocycles. The average Bonchev–Trinajstić information content (AvgIpc) is 2.26. The van der Waals surface area contributed by atoms with Crippen molar-refractivity contribution < 1.29 is 31.5 Å². The molecular formula is C10H7F5INO2. The van der Waals surface area contributed by atoms with Crippen LogP contribution in [0.1, 0.15) is 23.2 Å². The first kappa shape index (κ1) is 16.1. The lowest BCUT2D eigenvalue weighted by Gasteiger charge is -2.15. The quantitative estimate of drug-likeness (QED) is 0.341. The Hall–Kier alpha value is -1.00. The van der Waals surface area contributed by atoms with E-state index in [1.807, 2.05) is 0 Å². The highest BCUT2D eigenvalue weighted by Crippen LogP contribution is 2.38. The summed E-state index contributed by atoms with van der Waals surface area (Å²) in [5, 5.41) is 0. The first-order valence-corrected chi connectivity index (χ1v) is 5.86. The lowest BCUT2D eigenvalue weighted by molar-refractivity contribution is -0.141. The van der Waals surface area contributed by atoms with Crippen LogP contribution in [-0.2, 0) is 22.1 Å². The molecule has 106 valence electrons. The number of methoxy groups -OCH3 is 1. The Balaban J connectivity index is 3.35. The predicted molar refractivity (Wildman–Crippen MR) is 62.6 cm³/mol. The molecule has 0 fully saturated rings. The molecule has 1 rings (SSSR count). The van der Waals surface area contributed by atoms with Crippen molar-refractivity contribution in [2.75, 3.05) is 7.11 Å². The minimum Gasteiger partial charge on any atom is -0.469 e. The zero-order chi connectivity index (χ0) is 14.8. The minimum absolute atomic E-state index is 0.270. The number of rotatable bonds is 3. The highest BCUT2D eigenvalue weighted by atomic mass is 127. The Morgan fingerprint density at radius 1 is 1.47 bits per heavy atom. The Kier molecular flexibility index (Phi) is 5.04. The highest BCUT2D eigenvalue weighted by Gasteiger charge is 2.38. The molecule has 0 spiro atoms. The van der Waals surface area contributed by atoms with E-state index in [9.17, 15) is 26.7 Å². The number of carbonyl (C=O) groups is 1. The van der Waals surface area contributed by atoms with Gasteiger partial charge in [0.1, 0.15) is 3.70 Å². The standard InChI is InChI=1S/C10H7F5INO2/c1-19-6(18)3-4-2-5(10(13,14)15)7(8(11)12)9(16)17-4/h2,8H,3H2,1H3. The first-order valence-electron chi connectivity index (χ1n) is 4.78. The van der Waals surface area contributed by atoms with Crippen molar-refractivity contribution in [3.8, 4) is 0 Å². The molecule has 0 aliphatic heterocycles. The zero-order valence-electron chi connectivity index (χ0n) is 9.39. The Labute approximate surface area is 118 Å². The van der Waals surface area contributed by atoms with Crippen molar-refractivity contribution in [2.24, 2.45) is 0 Å². The molecule has 0 N–H and O–H groups in total. The smallest absolute Gasteiger partial charge is 0.417 e. The summed E-state index contributed by atoms with van der Waals surface area (Å²) in [4.78, 5) is 14.5. The Morgan fingerprint density at radius 2 is 2.05 bits per heavy atom. The molecule has 1 aromatic rings. The van der Waals surface area contributed by atoms with Gasteiger partial charge in [-0.3, -0.25) is 4.79 Å². The van der Waals surface area contributed by atoms with Crippen LogP contribution in [0.4, 0.5) is 22.0 Å². The van der Waals surface area contributed by atoms with Gasteiger partial charge in [0.15, 0.2) is 0 Å². The maximum atomic E-state index is 12.7. The minimum atomic E-state index is -4.94. The maximum Gasteiger partial charge on any atom is 0.417 e. The summed E-state index contributed by atoms with van der Waals surface area (Å²) >= 11 is 1.28. The van der Waals surface area contributed by atoms with Gasteiger partial charge in [0.2, 0.25) is 0 Å². The van der Waals surface area contributed by atoms with E-state index < -0.39 is 39.8 Å². The SMILES string of the molecule is COC(=O)Cc1cc(C(F)(F)F)c(C(F)F)c(I)n1. The third-order valence-corrected chi connectivity index (χ3v) is 2.96. The second kappa shape index (κ2) is 5.97. The molecule has 3 nitrogen and oxygen atoms in total. The Bertz CT molecular complexity index is 490. The number of hydrogen-bond donors (Lipinski definition) is 0. The molecule has 0 amide bonds. The summed E-state index contributed by atoms with van der Waals surface area (Å²) in [5.74, 6) is -0.804. The van der Waals surface area contributed by atoms with Crippen LogP contribution in [0.5, 0.6) is 0 Å². The molecule has 1 aromatic heterocycles. The second-order valence-electron chi connectivity index (χ2n) is 3.42. The maximum absolute atomic E-state index is 12.7. The molecule has 0 bridgehead atoms. The molecule has 9 heteroatoms. The van der Waals surface area contributed by atoms with Crippen molar-refractivity contribution in [1.82, 2.24) is 4.98 Å². The topological polar surface area (TPSA) is 39.2 Å². The van der Waals surface area contributed by atoms with E-state index in [2.05, 4.69) is 9.72 Å². The summed E-state index contributed by atoms with van der Waals surface area (Å²) in [6, 6.07) is 0.445. The lowest BCUT2D eigenvalue weighted by Crippen LogP contribution is -2.15. The van der Waals surface area contributed by atoms with Crippen molar-refractivity contribution in [3.63, 3.8) is 0 Å². The molecule has 0 aromatic carbocycles. The average molecular weight is 395 g/mol. The fourth-order valence-corrected chi connectivity index (χ4v) is 2.16. The monoisotopic (exact) mass is 395 g/mol. The fourth-order valence-electron chi connectivity index (χ4n) is 1.33. The molecule has 0 atom stereocenters. The number of pyridine rings is 1. The summed E-state index contributed by atoms with van der Waals surface area (Å²) in [7, 11) is 1.06. The highest BCUT2D eigenvalue weighted by molar-refractivity contribution is 14.1. The van der Waals surface area contributed by atoms with Crippen LogP contribution in [0.2, 0.25) is 0 Å². The van der Waals surface area contributed by atoms with Gasteiger partial charge in [-0.15, -0.1) is 0 Å². The largest absolute Gasteiger partial charge is 0.469 e. The van der Waals surface area contributed by atoms with Crippen LogP contribution in [-0.4, -0.2) is 18.1 Å². The van der Waals surface area contributed by atoms with Gasteiger partial charge in [0, 0.05) is 0 Å². The van der Waals surface area contributed by atoms with Gasteiger partial charge in [0.25, 0.3) is 6.43 Å². The first-order chi connectivity index (χ1) is 8.66. The Morgan fingerprint density at radius 3 is 2.47 bits per heavy atom. The predicted octanol–water partition coefficient (Wildman–Crippen LogP) is 3.36. The molecule has 0 aliphatic carbocycles. The number of halogens is 6. The number of hydrogen-bond acceptors (Lipinski definition) is 3. The van der Waals surface area contributed by atoms with Crippen LogP contribution in [0.15, 0.2) is 6.07 Å². The molecule has 0 saturated carbocycles. The van der Waals surface area contributed by atoms with E-state index in [1.54, 1.807) is 0 Å². The number of aromatic nitrogens is 1. The van der Waals surface area contributed by atoms with Crippen LogP contribution in [0, 0.1) is 3.70 Å². The summed E-state index contributed by atoms with van der Waals surface area (Å²) < 4.78 is 67.2. The number of nitrogens with zero attached hydrogens (tertiary/aromatic N) is 1. The number of ether oxygens (including phenoxy) is 1. The van der Waals surface area contributed by atoms with Gasteiger partial charge in [-0.1, -0.05) is 0 Å². The van der Waals surface area contributed by atoms with Crippen molar-refractivity contribution >= 4 is 28.6 Å². The van der Waals surface area contributed by atoms with E-state index >= 15 is 0 Å². The van der Waals surface area contributed by atoms with E-state index in [0.717, 1.165) is 7.11 Å². The normalized spacial score (nSPS) is 11.8. The molecule has 0 aliphatic rings. The zero-order valence-corrected chi connectivity index (χ0v) is 11.6. The van der Waals surface area contributed by atoms with E-state index in [0.29, 0.717) is 6.07 Å². The van der Waals surface area contributed by atoms with Gasteiger partial charge >= 0.3 is 12.1 Å². The fraction of sp³-hybridized carbons (Fsp3) is 0.400. The summed E-state index contributed by atoms with van der Waals surface area (Å²) in [6.45, 7) is 0. The lowest BCUT2D eigenvalue weighted by atomic mass is 10.1.